The van der Waals surface area contributed by atoms with Crippen LogP contribution < -0.4 is 5.32 Å². The fourth-order valence-corrected chi connectivity index (χ4v) is 3.65. The topological polar surface area (TPSA) is 32.3 Å². The first-order valence-electron chi connectivity index (χ1n) is 7.75. The molecule has 0 bridgehead atoms. The summed E-state index contributed by atoms with van der Waals surface area (Å²) in [6.07, 6.45) is 2.38. The number of nitrogens with one attached hydrogen (secondary N) is 1. The van der Waals surface area contributed by atoms with Crippen LogP contribution in [0.3, 0.4) is 0 Å². The highest BCUT2D eigenvalue weighted by molar-refractivity contribution is 8.23. The number of thioether (sulfide) groups is 1. The van der Waals surface area contributed by atoms with E-state index in [-0.39, 0.29) is 5.91 Å². The van der Waals surface area contributed by atoms with E-state index in [9.17, 15) is 4.79 Å². The van der Waals surface area contributed by atoms with E-state index in [0.717, 1.165) is 40.1 Å². The minimum Gasteiger partial charge on any atom is -0.357 e. The van der Waals surface area contributed by atoms with Crippen LogP contribution in [-0.4, -0.2) is 34.0 Å². The zero-order chi connectivity index (χ0) is 16.1. The Kier molecular flexibility index (Phi) is 6.26. The molecule has 0 unspecified atom stereocenters. The summed E-state index contributed by atoms with van der Waals surface area (Å²) in [7, 11) is 0. The van der Waals surface area contributed by atoms with Gasteiger partial charge >= 0.3 is 0 Å². The first kappa shape index (κ1) is 17.3. The second-order valence-corrected chi connectivity index (χ2v) is 7.65. The molecule has 0 atom stereocenters. The van der Waals surface area contributed by atoms with Crippen molar-refractivity contribution in [2.45, 2.75) is 33.6 Å². The van der Waals surface area contributed by atoms with E-state index in [1.165, 1.54) is 24.6 Å². The molecule has 1 aliphatic rings. The molecule has 2 rings (SSSR count). The van der Waals surface area contributed by atoms with E-state index in [4.69, 9.17) is 12.2 Å². The summed E-state index contributed by atoms with van der Waals surface area (Å²) in [5, 5.41) is 3.01. The molecule has 0 radical (unpaired) electrons. The number of piperidine rings is 1. The van der Waals surface area contributed by atoms with Crippen LogP contribution in [0.4, 0.5) is 5.69 Å². The van der Waals surface area contributed by atoms with Gasteiger partial charge in [-0.15, -0.1) is 0 Å². The highest BCUT2D eigenvalue weighted by atomic mass is 32.2. The number of para-hydroxylation sites is 1. The second-order valence-electron chi connectivity index (χ2n) is 6.04. The first-order chi connectivity index (χ1) is 10.5. The number of thiocarbonyl (C=S) groups is 1. The quantitative estimate of drug-likeness (QED) is 0.846. The van der Waals surface area contributed by atoms with Gasteiger partial charge in [0.05, 0.1) is 5.75 Å². The lowest BCUT2D eigenvalue weighted by molar-refractivity contribution is -0.113. The van der Waals surface area contributed by atoms with Gasteiger partial charge in [-0.25, -0.2) is 0 Å². The maximum atomic E-state index is 12.1. The number of aryl methyl sites for hydroxylation is 2. The number of hydrogen-bond donors (Lipinski definition) is 1. The normalized spacial score (nSPS) is 15.7. The number of hydrogen-bond acceptors (Lipinski definition) is 3. The summed E-state index contributed by atoms with van der Waals surface area (Å²) >= 11 is 6.92. The van der Waals surface area contributed by atoms with Gasteiger partial charge < -0.3 is 10.2 Å². The Balaban J connectivity index is 1.81. The summed E-state index contributed by atoms with van der Waals surface area (Å²) in [4.78, 5) is 14.4. The van der Waals surface area contributed by atoms with Gasteiger partial charge in [0.25, 0.3) is 0 Å². The fraction of sp³-hybridized carbons (Fsp3) is 0.529. The van der Waals surface area contributed by atoms with Crippen molar-refractivity contribution in [1.82, 2.24) is 4.90 Å². The SMILES string of the molecule is Cc1cccc(C)c1NC(=O)CSC(=S)N1CCC(C)CC1. The van der Waals surface area contributed by atoms with Crippen LogP contribution in [-0.2, 0) is 4.79 Å². The summed E-state index contributed by atoms with van der Waals surface area (Å²) < 4.78 is 0.851. The molecular weight excluding hydrogens is 312 g/mol. The maximum absolute atomic E-state index is 12.1. The van der Waals surface area contributed by atoms with Crippen molar-refractivity contribution in [1.29, 1.82) is 0 Å². The molecule has 3 nitrogen and oxygen atoms in total. The fourth-order valence-electron chi connectivity index (χ4n) is 2.60. The van der Waals surface area contributed by atoms with Crippen molar-refractivity contribution in [2.24, 2.45) is 5.92 Å². The van der Waals surface area contributed by atoms with Crippen molar-refractivity contribution in [3.63, 3.8) is 0 Å². The third-order valence-corrected chi connectivity index (χ3v) is 5.64. The van der Waals surface area contributed by atoms with E-state index in [0.29, 0.717) is 5.75 Å². The average Bonchev–Trinajstić information content (AvgIpc) is 2.49. The number of amides is 1. The molecule has 1 aromatic rings. The molecule has 22 heavy (non-hydrogen) atoms. The Morgan fingerprint density at radius 1 is 1.32 bits per heavy atom. The van der Waals surface area contributed by atoms with Gasteiger partial charge in [-0.2, -0.15) is 0 Å². The van der Waals surface area contributed by atoms with Gasteiger partial charge in [-0.1, -0.05) is 49.1 Å². The Morgan fingerprint density at radius 2 is 1.91 bits per heavy atom. The summed E-state index contributed by atoms with van der Waals surface area (Å²) in [5.74, 6) is 1.17. The van der Waals surface area contributed by atoms with Crippen LogP contribution in [0.1, 0.15) is 30.9 Å². The lowest BCUT2D eigenvalue weighted by Crippen LogP contribution is -2.36. The molecule has 5 heteroatoms. The molecule has 1 aliphatic heterocycles. The van der Waals surface area contributed by atoms with Crippen LogP contribution in [0.15, 0.2) is 18.2 Å². The first-order valence-corrected chi connectivity index (χ1v) is 9.14. The summed E-state index contributed by atoms with van der Waals surface area (Å²) in [5.41, 5.74) is 3.10. The van der Waals surface area contributed by atoms with Crippen molar-refractivity contribution in [2.75, 3.05) is 24.2 Å². The van der Waals surface area contributed by atoms with Crippen molar-refractivity contribution < 1.29 is 4.79 Å². The number of nitrogens with zero attached hydrogens (tertiary/aromatic N) is 1. The monoisotopic (exact) mass is 336 g/mol. The largest absolute Gasteiger partial charge is 0.357 e. The smallest absolute Gasteiger partial charge is 0.234 e. The molecule has 1 aromatic carbocycles. The Hall–Kier alpha value is -1.07. The highest BCUT2D eigenvalue weighted by Gasteiger charge is 2.19. The van der Waals surface area contributed by atoms with E-state index in [1.54, 1.807) is 0 Å². The highest BCUT2D eigenvalue weighted by Crippen LogP contribution is 2.22. The third-order valence-electron chi connectivity index (χ3n) is 4.11. The zero-order valence-electron chi connectivity index (χ0n) is 13.5. The van der Waals surface area contributed by atoms with Gasteiger partial charge in [0.2, 0.25) is 5.91 Å². The van der Waals surface area contributed by atoms with Crippen LogP contribution in [0, 0.1) is 19.8 Å². The van der Waals surface area contributed by atoms with Crippen LogP contribution >= 0.6 is 24.0 Å². The number of carbonyl (C=O) groups excluding carboxylic acids is 1. The lowest BCUT2D eigenvalue weighted by Gasteiger charge is -2.31. The van der Waals surface area contributed by atoms with E-state index >= 15 is 0 Å². The van der Waals surface area contributed by atoms with Crippen LogP contribution in [0.25, 0.3) is 0 Å². The summed E-state index contributed by atoms with van der Waals surface area (Å²) in [6, 6.07) is 6.02. The number of carbonyl (C=O) groups is 1. The van der Waals surface area contributed by atoms with Crippen LogP contribution in [0.2, 0.25) is 0 Å². The molecule has 1 amide bonds. The number of rotatable bonds is 3. The molecule has 0 aromatic heterocycles. The van der Waals surface area contributed by atoms with Crippen molar-refractivity contribution in [3.8, 4) is 0 Å². The van der Waals surface area contributed by atoms with Gasteiger partial charge in [0.15, 0.2) is 0 Å². The minimum absolute atomic E-state index is 0.00938. The summed E-state index contributed by atoms with van der Waals surface area (Å²) in [6.45, 7) is 8.34. The van der Waals surface area contributed by atoms with Gasteiger partial charge in [0.1, 0.15) is 4.32 Å². The second kappa shape index (κ2) is 7.97. The maximum Gasteiger partial charge on any atom is 0.234 e. The van der Waals surface area contributed by atoms with E-state index < -0.39 is 0 Å². The van der Waals surface area contributed by atoms with Gasteiger partial charge in [0, 0.05) is 18.8 Å². The molecule has 0 spiro atoms. The van der Waals surface area contributed by atoms with Crippen molar-refractivity contribution in [3.05, 3.63) is 29.3 Å². The molecule has 0 saturated carbocycles. The predicted molar refractivity (Wildman–Crippen MR) is 99.6 cm³/mol. The molecule has 1 fully saturated rings. The Labute approximate surface area is 142 Å². The van der Waals surface area contributed by atoms with Crippen molar-refractivity contribution >= 4 is 39.9 Å². The molecule has 120 valence electrons. The Morgan fingerprint density at radius 3 is 2.50 bits per heavy atom. The lowest BCUT2D eigenvalue weighted by atomic mass is 10.00. The van der Waals surface area contributed by atoms with Gasteiger partial charge in [-0.05, 0) is 43.7 Å². The molecule has 1 heterocycles. The molecule has 1 saturated heterocycles. The molecule has 0 aliphatic carbocycles. The van der Waals surface area contributed by atoms with E-state index in [1.807, 2.05) is 32.0 Å². The third kappa shape index (κ3) is 4.71. The van der Waals surface area contributed by atoms with Crippen LogP contribution in [0.5, 0.6) is 0 Å². The van der Waals surface area contributed by atoms with Gasteiger partial charge in [-0.3, -0.25) is 4.79 Å². The Bertz CT molecular complexity index is 531. The molecule has 1 N–H and O–H groups in total. The number of anilines is 1. The molecular formula is C17H24N2OS2. The average molecular weight is 337 g/mol. The standard InChI is InChI=1S/C17H24N2OS2/c1-12-7-9-19(10-8-12)17(21)22-11-15(20)18-16-13(2)5-4-6-14(16)3/h4-6,12H,7-11H2,1-3H3,(H,18,20). The number of benzene rings is 1. The van der Waals surface area contributed by atoms with E-state index in [2.05, 4.69) is 17.1 Å². The predicted octanol–water partition coefficient (Wildman–Crippen LogP) is 3.99. The number of likely N-dealkylation sites (tertiary alicyclic amines) is 1. The zero-order valence-corrected chi connectivity index (χ0v) is 15.1. The minimum atomic E-state index is 0.00938.